The Morgan fingerprint density at radius 1 is 1.14 bits per heavy atom. The highest BCUT2D eigenvalue weighted by Gasteiger charge is 2.32. The second-order valence-corrected chi connectivity index (χ2v) is 7.21. The summed E-state index contributed by atoms with van der Waals surface area (Å²) in [5.41, 5.74) is 8.89. The van der Waals surface area contributed by atoms with Crippen molar-refractivity contribution >= 4 is 5.57 Å². The van der Waals surface area contributed by atoms with E-state index in [-0.39, 0.29) is 18.4 Å². The molecule has 0 aliphatic carbocycles. The molecule has 0 fully saturated rings. The molecule has 0 saturated carbocycles. The maximum Gasteiger partial charge on any atom is 0.573 e. The zero-order chi connectivity index (χ0) is 21.2. The van der Waals surface area contributed by atoms with Crippen LogP contribution in [0.2, 0.25) is 0 Å². The summed E-state index contributed by atoms with van der Waals surface area (Å²) < 4.78 is 61.3. The number of hydrogen-bond acceptors (Lipinski definition) is 4. The SMILES string of the molecule is CN(C)CC(N)CC1=C(c2ccc(F)cc2)c2cc(OC(F)(F)F)ccc2OC1. The Bertz CT molecular complexity index is 893. The lowest BCUT2D eigenvalue weighted by Crippen LogP contribution is -2.34. The lowest BCUT2D eigenvalue weighted by molar-refractivity contribution is -0.274. The Balaban J connectivity index is 2.07. The fraction of sp³-hybridized carbons (Fsp3) is 0.333. The molecule has 8 heteroatoms. The number of fused-ring (bicyclic) bond motifs is 1. The summed E-state index contributed by atoms with van der Waals surface area (Å²) in [4.78, 5) is 1.95. The molecular formula is C21H22F4N2O2. The number of halogens is 4. The normalized spacial score (nSPS) is 15.2. The molecule has 0 spiro atoms. The number of nitrogens with zero attached hydrogens (tertiary/aromatic N) is 1. The van der Waals surface area contributed by atoms with E-state index in [4.69, 9.17) is 10.5 Å². The van der Waals surface area contributed by atoms with Gasteiger partial charge in [-0.3, -0.25) is 0 Å². The maximum atomic E-state index is 13.4. The third kappa shape index (κ3) is 5.48. The van der Waals surface area contributed by atoms with Crippen LogP contribution in [0.5, 0.6) is 11.5 Å². The van der Waals surface area contributed by atoms with E-state index in [2.05, 4.69) is 4.74 Å². The molecule has 3 rings (SSSR count). The number of likely N-dealkylation sites (N-methyl/N-ethyl adjacent to an activating group) is 1. The van der Waals surface area contributed by atoms with Crippen molar-refractivity contribution < 1.29 is 27.0 Å². The number of benzene rings is 2. The molecule has 156 valence electrons. The Hall–Kier alpha value is -2.58. The minimum atomic E-state index is -4.81. The van der Waals surface area contributed by atoms with Crippen molar-refractivity contribution in [2.45, 2.75) is 18.8 Å². The number of ether oxygens (including phenoxy) is 2. The van der Waals surface area contributed by atoms with Crippen molar-refractivity contribution in [3.63, 3.8) is 0 Å². The Labute approximate surface area is 166 Å². The van der Waals surface area contributed by atoms with Gasteiger partial charge in [0.1, 0.15) is 23.9 Å². The van der Waals surface area contributed by atoms with Crippen LogP contribution in [-0.4, -0.2) is 44.6 Å². The predicted molar refractivity (Wildman–Crippen MR) is 102 cm³/mol. The fourth-order valence-corrected chi connectivity index (χ4v) is 3.44. The first-order valence-corrected chi connectivity index (χ1v) is 9.03. The second kappa shape index (κ2) is 8.42. The van der Waals surface area contributed by atoms with Crippen molar-refractivity contribution in [3.8, 4) is 11.5 Å². The van der Waals surface area contributed by atoms with E-state index in [1.807, 2.05) is 19.0 Å². The summed E-state index contributed by atoms with van der Waals surface area (Å²) in [7, 11) is 3.81. The molecule has 0 bridgehead atoms. The van der Waals surface area contributed by atoms with Gasteiger partial charge in [0.25, 0.3) is 0 Å². The lowest BCUT2D eigenvalue weighted by atomic mass is 9.88. The van der Waals surface area contributed by atoms with E-state index in [1.54, 1.807) is 12.1 Å². The Kier molecular flexibility index (Phi) is 6.14. The van der Waals surface area contributed by atoms with Crippen LogP contribution >= 0.6 is 0 Å². The molecule has 29 heavy (non-hydrogen) atoms. The first kappa shape index (κ1) is 21.1. The summed E-state index contributed by atoms with van der Waals surface area (Å²) in [5, 5.41) is 0. The highest BCUT2D eigenvalue weighted by atomic mass is 19.4. The number of hydrogen-bond donors (Lipinski definition) is 1. The van der Waals surface area contributed by atoms with E-state index in [0.29, 0.717) is 35.4 Å². The Morgan fingerprint density at radius 2 is 1.83 bits per heavy atom. The molecule has 2 aromatic rings. The fourth-order valence-electron chi connectivity index (χ4n) is 3.44. The molecular weight excluding hydrogens is 388 g/mol. The van der Waals surface area contributed by atoms with Gasteiger partial charge >= 0.3 is 6.36 Å². The van der Waals surface area contributed by atoms with Gasteiger partial charge in [0.15, 0.2) is 0 Å². The average molecular weight is 410 g/mol. The van der Waals surface area contributed by atoms with Gasteiger partial charge in [-0.25, -0.2) is 4.39 Å². The van der Waals surface area contributed by atoms with Crippen molar-refractivity contribution in [1.29, 1.82) is 0 Å². The van der Waals surface area contributed by atoms with Crippen LogP contribution in [0.1, 0.15) is 17.5 Å². The van der Waals surface area contributed by atoms with Gasteiger partial charge < -0.3 is 20.1 Å². The second-order valence-electron chi connectivity index (χ2n) is 7.21. The first-order chi connectivity index (χ1) is 13.6. The van der Waals surface area contributed by atoms with Crippen LogP contribution in [0, 0.1) is 5.82 Å². The van der Waals surface area contributed by atoms with Crippen LogP contribution in [0.3, 0.4) is 0 Å². The smallest absolute Gasteiger partial charge is 0.489 e. The summed E-state index contributed by atoms with van der Waals surface area (Å²) in [5.74, 6) is -0.316. The number of alkyl halides is 3. The molecule has 2 aromatic carbocycles. The predicted octanol–water partition coefficient (Wildman–Crippen LogP) is 4.20. The minimum Gasteiger partial charge on any atom is -0.489 e. The topological polar surface area (TPSA) is 47.7 Å². The monoisotopic (exact) mass is 410 g/mol. The van der Waals surface area contributed by atoms with Crippen LogP contribution in [-0.2, 0) is 0 Å². The molecule has 1 aliphatic rings. The van der Waals surface area contributed by atoms with Gasteiger partial charge in [0.05, 0.1) is 0 Å². The molecule has 1 unspecified atom stereocenters. The Morgan fingerprint density at radius 3 is 2.45 bits per heavy atom. The maximum absolute atomic E-state index is 13.4. The molecule has 1 heterocycles. The first-order valence-electron chi connectivity index (χ1n) is 9.03. The van der Waals surface area contributed by atoms with Crippen molar-refractivity contribution in [1.82, 2.24) is 4.90 Å². The van der Waals surface area contributed by atoms with Gasteiger partial charge in [-0.1, -0.05) is 12.1 Å². The van der Waals surface area contributed by atoms with E-state index in [1.165, 1.54) is 30.3 Å². The molecule has 0 aromatic heterocycles. The van der Waals surface area contributed by atoms with Gasteiger partial charge in [0.2, 0.25) is 0 Å². The third-order valence-corrected chi connectivity index (χ3v) is 4.45. The quantitative estimate of drug-likeness (QED) is 0.726. The third-order valence-electron chi connectivity index (χ3n) is 4.45. The summed E-state index contributed by atoms with van der Waals surface area (Å²) in [6.07, 6.45) is -4.32. The van der Waals surface area contributed by atoms with Gasteiger partial charge in [0, 0.05) is 18.2 Å². The molecule has 0 amide bonds. The van der Waals surface area contributed by atoms with Gasteiger partial charge in [-0.15, -0.1) is 13.2 Å². The highest BCUT2D eigenvalue weighted by molar-refractivity contribution is 5.86. The average Bonchev–Trinajstić information content (AvgIpc) is 2.60. The van der Waals surface area contributed by atoms with E-state index < -0.39 is 12.2 Å². The van der Waals surface area contributed by atoms with E-state index >= 15 is 0 Å². The summed E-state index contributed by atoms with van der Waals surface area (Å²) in [6.45, 7) is 0.880. The molecule has 4 nitrogen and oxygen atoms in total. The molecule has 2 N–H and O–H groups in total. The molecule has 0 saturated heterocycles. The van der Waals surface area contributed by atoms with Crippen LogP contribution in [0.4, 0.5) is 17.6 Å². The molecule has 0 radical (unpaired) electrons. The minimum absolute atomic E-state index is 0.199. The van der Waals surface area contributed by atoms with Crippen molar-refractivity contribution in [2.75, 3.05) is 27.2 Å². The number of rotatable bonds is 6. The molecule has 1 aliphatic heterocycles. The van der Waals surface area contributed by atoms with Gasteiger partial charge in [-0.2, -0.15) is 0 Å². The van der Waals surface area contributed by atoms with Crippen LogP contribution < -0.4 is 15.2 Å². The van der Waals surface area contributed by atoms with Crippen LogP contribution in [0.25, 0.3) is 5.57 Å². The van der Waals surface area contributed by atoms with E-state index in [0.717, 1.165) is 5.57 Å². The zero-order valence-corrected chi connectivity index (χ0v) is 16.1. The highest BCUT2D eigenvalue weighted by Crippen LogP contribution is 2.41. The van der Waals surface area contributed by atoms with E-state index in [9.17, 15) is 17.6 Å². The summed E-state index contributed by atoms with van der Waals surface area (Å²) in [6, 6.07) is 9.54. The lowest BCUT2D eigenvalue weighted by Gasteiger charge is -2.27. The largest absolute Gasteiger partial charge is 0.573 e. The van der Waals surface area contributed by atoms with Crippen molar-refractivity contribution in [2.24, 2.45) is 5.73 Å². The van der Waals surface area contributed by atoms with Crippen molar-refractivity contribution in [3.05, 3.63) is 65.0 Å². The summed E-state index contributed by atoms with van der Waals surface area (Å²) >= 11 is 0. The molecule has 1 atom stereocenters. The number of nitrogens with two attached hydrogens (primary N) is 1. The zero-order valence-electron chi connectivity index (χ0n) is 16.1. The van der Waals surface area contributed by atoms with Crippen LogP contribution in [0.15, 0.2) is 48.0 Å². The van der Waals surface area contributed by atoms with Gasteiger partial charge in [-0.05, 0) is 67.6 Å². The standard InChI is InChI=1S/C21H22F4N2O2/c1-27(2)11-16(26)9-14-12-28-19-8-7-17(29-21(23,24)25)10-18(19)20(14)13-3-5-15(22)6-4-13/h3-8,10,16H,9,11-12,26H2,1-2H3.